The van der Waals surface area contributed by atoms with Crippen molar-refractivity contribution >= 4 is 21.6 Å². The lowest BCUT2D eigenvalue weighted by Crippen LogP contribution is -2.21. The summed E-state index contributed by atoms with van der Waals surface area (Å²) in [5, 5.41) is 3.50. The van der Waals surface area contributed by atoms with Crippen molar-refractivity contribution in [1.29, 1.82) is 0 Å². The van der Waals surface area contributed by atoms with E-state index in [9.17, 15) is 0 Å². The quantitative estimate of drug-likeness (QED) is 0.907. The van der Waals surface area contributed by atoms with Crippen LogP contribution in [-0.4, -0.2) is 18.8 Å². The van der Waals surface area contributed by atoms with Gasteiger partial charge in [0.2, 0.25) is 0 Å². The molecule has 3 heteroatoms. The Bertz CT molecular complexity index is 319. The topological polar surface area (TPSA) is 21.3 Å². The van der Waals surface area contributed by atoms with E-state index in [1.807, 2.05) is 0 Å². The van der Waals surface area contributed by atoms with Crippen molar-refractivity contribution < 1.29 is 4.74 Å². The monoisotopic (exact) mass is 283 g/mol. The molecule has 1 aromatic carbocycles. The number of anilines is 1. The zero-order valence-corrected chi connectivity index (χ0v) is 11.2. The second-order valence-electron chi connectivity index (χ2n) is 4.42. The highest BCUT2D eigenvalue weighted by molar-refractivity contribution is 9.10. The minimum Gasteiger partial charge on any atom is -0.382 e. The van der Waals surface area contributed by atoms with E-state index < -0.39 is 0 Å². The lowest BCUT2D eigenvalue weighted by molar-refractivity contribution is 0.101. The van der Waals surface area contributed by atoms with E-state index in [4.69, 9.17) is 4.74 Å². The molecule has 88 valence electrons. The van der Waals surface area contributed by atoms with E-state index in [0.717, 1.165) is 17.5 Å². The molecule has 0 spiro atoms. The lowest BCUT2D eigenvalue weighted by Gasteiger charge is -2.18. The molecule has 0 amide bonds. The first-order chi connectivity index (χ1) is 7.74. The van der Waals surface area contributed by atoms with Crippen molar-refractivity contribution in [2.75, 3.05) is 11.9 Å². The van der Waals surface area contributed by atoms with Crippen LogP contribution >= 0.6 is 15.9 Å². The number of hydrogen-bond donors (Lipinski definition) is 1. The molecule has 0 bridgehead atoms. The highest BCUT2D eigenvalue weighted by Gasteiger charge is 2.18. The van der Waals surface area contributed by atoms with Gasteiger partial charge >= 0.3 is 0 Å². The van der Waals surface area contributed by atoms with Gasteiger partial charge in [-0.25, -0.2) is 0 Å². The van der Waals surface area contributed by atoms with Crippen LogP contribution in [0.2, 0.25) is 0 Å². The summed E-state index contributed by atoms with van der Waals surface area (Å²) in [4.78, 5) is 0. The summed E-state index contributed by atoms with van der Waals surface area (Å²) >= 11 is 3.43. The standard InChI is InChI=1S/C13H18BrNO/c1-10(9-13-3-2-8-16-13)15-12-6-4-11(14)5-7-12/h4-7,10,13,15H,2-3,8-9H2,1H3. The fourth-order valence-electron chi connectivity index (χ4n) is 2.11. The third kappa shape index (κ3) is 3.49. The van der Waals surface area contributed by atoms with E-state index in [1.165, 1.54) is 18.5 Å². The maximum Gasteiger partial charge on any atom is 0.0595 e. The van der Waals surface area contributed by atoms with Crippen LogP contribution in [-0.2, 0) is 4.74 Å². The van der Waals surface area contributed by atoms with Crippen molar-refractivity contribution in [1.82, 2.24) is 0 Å². The molecule has 0 radical (unpaired) electrons. The summed E-state index contributed by atoms with van der Waals surface area (Å²) in [5.74, 6) is 0. The van der Waals surface area contributed by atoms with Gasteiger partial charge in [0.15, 0.2) is 0 Å². The Kier molecular flexibility index (Phi) is 4.24. The van der Waals surface area contributed by atoms with Crippen molar-refractivity contribution in [3.63, 3.8) is 0 Å². The number of halogens is 1. The van der Waals surface area contributed by atoms with Gasteiger partial charge in [-0.1, -0.05) is 15.9 Å². The Labute approximate surface area is 106 Å². The molecule has 0 aliphatic carbocycles. The highest BCUT2D eigenvalue weighted by atomic mass is 79.9. The number of hydrogen-bond acceptors (Lipinski definition) is 2. The summed E-state index contributed by atoms with van der Waals surface area (Å²) in [6.45, 7) is 3.15. The predicted molar refractivity (Wildman–Crippen MR) is 70.8 cm³/mol. The number of rotatable bonds is 4. The Hall–Kier alpha value is -0.540. The van der Waals surface area contributed by atoms with Gasteiger partial charge < -0.3 is 10.1 Å². The van der Waals surface area contributed by atoms with Crippen molar-refractivity contribution in [2.45, 2.75) is 38.3 Å². The predicted octanol–water partition coefficient (Wildman–Crippen LogP) is 3.82. The molecule has 1 heterocycles. The van der Waals surface area contributed by atoms with Gasteiger partial charge in [-0.2, -0.15) is 0 Å². The van der Waals surface area contributed by atoms with Crippen LogP contribution < -0.4 is 5.32 Å². The molecule has 0 aromatic heterocycles. The average Bonchev–Trinajstić information content (AvgIpc) is 2.74. The summed E-state index contributed by atoms with van der Waals surface area (Å²) in [6.07, 6.45) is 3.98. The molecular formula is C13H18BrNO. The second-order valence-corrected chi connectivity index (χ2v) is 5.34. The van der Waals surface area contributed by atoms with Crippen LogP contribution in [0.25, 0.3) is 0 Å². The molecule has 1 saturated heterocycles. The minimum absolute atomic E-state index is 0.456. The van der Waals surface area contributed by atoms with Crippen LogP contribution in [0.3, 0.4) is 0 Å². The Morgan fingerprint density at radius 2 is 2.19 bits per heavy atom. The molecule has 2 unspecified atom stereocenters. The molecule has 2 atom stereocenters. The molecule has 2 rings (SSSR count). The van der Waals surface area contributed by atoms with Gasteiger partial charge in [-0.05, 0) is 50.5 Å². The molecule has 0 saturated carbocycles. The van der Waals surface area contributed by atoms with E-state index >= 15 is 0 Å². The Morgan fingerprint density at radius 1 is 1.44 bits per heavy atom. The second kappa shape index (κ2) is 5.69. The molecule has 1 aliphatic rings. The van der Waals surface area contributed by atoms with Gasteiger partial charge in [0.1, 0.15) is 0 Å². The van der Waals surface area contributed by atoms with E-state index in [2.05, 4.69) is 52.4 Å². The highest BCUT2D eigenvalue weighted by Crippen LogP contribution is 2.20. The molecular weight excluding hydrogens is 266 g/mol. The Morgan fingerprint density at radius 3 is 2.81 bits per heavy atom. The van der Waals surface area contributed by atoms with Gasteiger partial charge in [-0.3, -0.25) is 0 Å². The zero-order chi connectivity index (χ0) is 11.4. The maximum atomic E-state index is 5.63. The van der Waals surface area contributed by atoms with E-state index in [0.29, 0.717) is 12.1 Å². The van der Waals surface area contributed by atoms with Gasteiger partial charge in [0.25, 0.3) is 0 Å². The van der Waals surface area contributed by atoms with Gasteiger partial charge in [-0.15, -0.1) is 0 Å². The molecule has 1 N–H and O–H groups in total. The largest absolute Gasteiger partial charge is 0.382 e. The molecule has 1 fully saturated rings. The van der Waals surface area contributed by atoms with Crippen molar-refractivity contribution in [3.05, 3.63) is 28.7 Å². The fourth-order valence-corrected chi connectivity index (χ4v) is 2.38. The Balaban J connectivity index is 1.81. The fraction of sp³-hybridized carbons (Fsp3) is 0.538. The van der Waals surface area contributed by atoms with Crippen LogP contribution in [0, 0.1) is 0 Å². The van der Waals surface area contributed by atoms with Crippen molar-refractivity contribution in [3.8, 4) is 0 Å². The zero-order valence-electron chi connectivity index (χ0n) is 9.58. The minimum atomic E-state index is 0.456. The molecule has 16 heavy (non-hydrogen) atoms. The third-order valence-electron chi connectivity index (χ3n) is 2.90. The lowest BCUT2D eigenvalue weighted by atomic mass is 10.1. The molecule has 2 nitrogen and oxygen atoms in total. The SMILES string of the molecule is CC(CC1CCCO1)Nc1ccc(Br)cc1. The molecule has 1 aromatic rings. The number of ether oxygens (including phenoxy) is 1. The average molecular weight is 284 g/mol. The summed E-state index contributed by atoms with van der Waals surface area (Å²) < 4.78 is 6.75. The first kappa shape index (κ1) is 11.9. The first-order valence-electron chi connectivity index (χ1n) is 5.88. The van der Waals surface area contributed by atoms with Crippen LogP contribution in [0.1, 0.15) is 26.2 Å². The van der Waals surface area contributed by atoms with Crippen LogP contribution in [0.5, 0.6) is 0 Å². The normalized spacial score (nSPS) is 22.0. The van der Waals surface area contributed by atoms with E-state index in [1.54, 1.807) is 0 Å². The van der Waals surface area contributed by atoms with E-state index in [-0.39, 0.29) is 0 Å². The summed E-state index contributed by atoms with van der Waals surface area (Å²) in [5.41, 5.74) is 1.17. The third-order valence-corrected chi connectivity index (χ3v) is 3.43. The maximum absolute atomic E-state index is 5.63. The smallest absolute Gasteiger partial charge is 0.0595 e. The van der Waals surface area contributed by atoms with Crippen LogP contribution in [0.15, 0.2) is 28.7 Å². The van der Waals surface area contributed by atoms with Crippen LogP contribution in [0.4, 0.5) is 5.69 Å². The first-order valence-corrected chi connectivity index (χ1v) is 6.67. The van der Waals surface area contributed by atoms with Crippen molar-refractivity contribution in [2.24, 2.45) is 0 Å². The summed E-state index contributed by atoms with van der Waals surface area (Å²) in [7, 11) is 0. The number of benzene rings is 1. The van der Waals surface area contributed by atoms with Gasteiger partial charge in [0.05, 0.1) is 6.10 Å². The number of nitrogens with one attached hydrogen (secondary N) is 1. The summed E-state index contributed by atoms with van der Waals surface area (Å²) in [6, 6.07) is 8.76. The molecule has 1 aliphatic heterocycles. The van der Waals surface area contributed by atoms with Gasteiger partial charge in [0, 0.05) is 22.8 Å².